The third-order valence-electron chi connectivity index (χ3n) is 1.89. The monoisotopic (exact) mass is 274 g/mol. The molecule has 0 spiro atoms. The number of benzene rings is 1. The Labute approximate surface area is 109 Å². The van der Waals surface area contributed by atoms with Crippen LogP contribution < -0.4 is 10.2 Å². The van der Waals surface area contributed by atoms with Crippen LogP contribution in [0.2, 0.25) is 0 Å². The van der Waals surface area contributed by atoms with E-state index in [2.05, 4.69) is 15.3 Å². The van der Waals surface area contributed by atoms with Crippen LogP contribution in [0.25, 0.3) is 0 Å². The fourth-order valence-corrected chi connectivity index (χ4v) is 1.16. The van der Waals surface area contributed by atoms with E-state index in [1.807, 2.05) is 0 Å². The lowest BCUT2D eigenvalue weighted by atomic mass is 10.3. The van der Waals surface area contributed by atoms with Gasteiger partial charge in [0.05, 0.1) is 19.4 Å². The Morgan fingerprint density at radius 2 is 2.28 bits per heavy atom. The molecule has 7 heteroatoms. The number of ether oxygens (including phenoxy) is 2. The van der Waals surface area contributed by atoms with Crippen LogP contribution >= 0.6 is 11.6 Å². The summed E-state index contributed by atoms with van der Waals surface area (Å²) in [6.07, 6.45) is 0. The summed E-state index contributed by atoms with van der Waals surface area (Å²) < 4.78 is 22.9. The molecule has 0 radical (unpaired) electrons. The summed E-state index contributed by atoms with van der Waals surface area (Å²) in [7, 11) is 1.43. The van der Waals surface area contributed by atoms with Gasteiger partial charge in [0.15, 0.2) is 5.82 Å². The highest BCUT2D eigenvalue weighted by Gasteiger charge is 2.10. The van der Waals surface area contributed by atoms with Gasteiger partial charge < -0.3 is 9.47 Å². The first-order valence-corrected chi connectivity index (χ1v) is 5.46. The largest absolute Gasteiger partial charge is 0.497 e. The second kappa shape index (κ2) is 6.80. The van der Waals surface area contributed by atoms with E-state index >= 15 is 0 Å². The molecule has 0 aliphatic heterocycles. The lowest BCUT2D eigenvalue weighted by Crippen LogP contribution is -2.13. The third-order valence-corrected chi connectivity index (χ3v) is 2.13. The first kappa shape index (κ1) is 14.2. The van der Waals surface area contributed by atoms with E-state index in [1.54, 1.807) is 13.0 Å². The van der Waals surface area contributed by atoms with Crippen molar-refractivity contribution in [3.8, 4) is 5.75 Å². The Morgan fingerprint density at radius 1 is 1.56 bits per heavy atom. The topological polar surface area (TPSA) is 59.9 Å². The number of rotatable bonds is 5. The van der Waals surface area contributed by atoms with E-state index in [0.717, 1.165) is 0 Å². The van der Waals surface area contributed by atoms with Gasteiger partial charge in [-0.05, 0) is 19.1 Å². The molecule has 5 nitrogen and oxygen atoms in total. The lowest BCUT2D eigenvalue weighted by Gasteiger charge is -2.05. The highest BCUT2D eigenvalue weighted by atomic mass is 35.5. The van der Waals surface area contributed by atoms with E-state index in [1.165, 1.54) is 19.2 Å². The van der Waals surface area contributed by atoms with E-state index in [4.69, 9.17) is 16.3 Å². The lowest BCUT2D eigenvalue weighted by molar-refractivity contribution is -0.134. The maximum Gasteiger partial charge on any atom is 0.370 e. The number of nitrogens with zero attached hydrogens (tertiary/aromatic N) is 1. The molecule has 0 atom stereocenters. The van der Waals surface area contributed by atoms with E-state index in [-0.39, 0.29) is 12.3 Å². The maximum atomic E-state index is 13.5. The average Bonchev–Trinajstić information content (AvgIpc) is 2.37. The molecule has 0 aromatic heterocycles. The summed E-state index contributed by atoms with van der Waals surface area (Å²) in [6.45, 7) is 1.82. The highest BCUT2D eigenvalue weighted by Crippen LogP contribution is 2.20. The van der Waals surface area contributed by atoms with Gasteiger partial charge in [0.1, 0.15) is 5.75 Å². The predicted molar refractivity (Wildman–Crippen MR) is 66.5 cm³/mol. The number of hydrogen-bond acceptors (Lipinski definition) is 5. The van der Waals surface area contributed by atoms with Crippen LogP contribution in [0.3, 0.4) is 0 Å². The molecule has 0 saturated heterocycles. The second-order valence-corrected chi connectivity index (χ2v) is 3.44. The Balaban J connectivity index is 2.73. The van der Waals surface area contributed by atoms with Crippen molar-refractivity contribution in [2.24, 2.45) is 5.10 Å². The number of halogens is 2. The molecule has 0 aliphatic rings. The first-order valence-electron chi connectivity index (χ1n) is 5.08. The third kappa shape index (κ3) is 3.89. The number of hydrogen-bond donors (Lipinski definition) is 1. The van der Waals surface area contributed by atoms with Crippen molar-refractivity contribution in [1.29, 1.82) is 0 Å². The van der Waals surface area contributed by atoms with Gasteiger partial charge in [0.2, 0.25) is 5.17 Å². The summed E-state index contributed by atoms with van der Waals surface area (Å²) in [4.78, 5) is 11.1. The summed E-state index contributed by atoms with van der Waals surface area (Å²) in [5.41, 5.74) is 2.40. The molecular weight excluding hydrogens is 263 g/mol. The fraction of sp³-hybridized carbons (Fsp3) is 0.273. The number of carbonyl (C=O) groups excluding carboxylic acids is 1. The van der Waals surface area contributed by atoms with Gasteiger partial charge in [-0.25, -0.2) is 9.18 Å². The van der Waals surface area contributed by atoms with Crippen LogP contribution in [-0.2, 0) is 9.53 Å². The Bertz CT molecular complexity index is 466. The molecule has 0 fully saturated rings. The molecule has 1 aromatic carbocycles. The van der Waals surface area contributed by atoms with Gasteiger partial charge in [-0.3, -0.25) is 5.43 Å². The van der Waals surface area contributed by atoms with Crippen LogP contribution in [-0.4, -0.2) is 24.9 Å². The van der Waals surface area contributed by atoms with Crippen molar-refractivity contribution < 1.29 is 18.7 Å². The van der Waals surface area contributed by atoms with Crippen LogP contribution in [0.1, 0.15) is 6.92 Å². The Kier molecular flexibility index (Phi) is 5.38. The maximum absolute atomic E-state index is 13.5. The molecule has 1 rings (SSSR count). The summed E-state index contributed by atoms with van der Waals surface area (Å²) in [5.74, 6) is -0.981. The number of hydrazone groups is 1. The van der Waals surface area contributed by atoms with Gasteiger partial charge in [0, 0.05) is 6.07 Å². The van der Waals surface area contributed by atoms with Crippen molar-refractivity contribution in [2.45, 2.75) is 6.92 Å². The van der Waals surface area contributed by atoms with Crippen molar-refractivity contribution in [3.05, 3.63) is 24.0 Å². The van der Waals surface area contributed by atoms with Gasteiger partial charge in [0.25, 0.3) is 0 Å². The minimum atomic E-state index is -0.777. The fourth-order valence-electron chi connectivity index (χ4n) is 1.06. The van der Waals surface area contributed by atoms with E-state index in [0.29, 0.717) is 5.75 Å². The number of esters is 1. The minimum absolute atomic E-state index is 0.0678. The number of methoxy groups -OCH3 is 1. The number of nitrogens with one attached hydrogen (secondary N) is 1. The van der Waals surface area contributed by atoms with Gasteiger partial charge in [-0.2, -0.15) is 5.10 Å². The van der Waals surface area contributed by atoms with Gasteiger partial charge >= 0.3 is 5.97 Å². The van der Waals surface area contributed by atoms with Crippen LogP contribution in [0.4, 0.5) is 10.1 Å². The van der Waals surface area contributed by atoms with Crippen LogP contribution in [0.5, 0.6) is 5.75 Å². The molecule has 0 aliphatic carbocycles. The van der Waals surface area contributed by atoms with Crippen molar-refractivity contribution in [2.75, 3.05) is 19.1 Å². The number of carbonyl (C=O) groups is 1. The minimum Gasteiger partial charge on any atom is -0.497 e. The normalized spacial score (nSPS) is 11.0. The molecule has 18 heavy (non-hydrogen) atoms. The number of anilines is 1. The average molecular weight is 275 g/mol. The van der Waals surface area contributed by atoms with Crippen molar-refractivity contribution in [1.82, 2.24) is 0 Å². The van der Waals surface area contributed by atoms with E-state index < -0.39 is 17.0 Å². The highest BCUT2D eigenvalue weighted by molar-refractivity contribution is 6.82. The second-order valence-electron chi connectivity index (χ2n) is 3.08. The molecule has 1 N–H and O–H groups in total. The standard InChI is InChI=1S/C11H12ClFN2O3/c1-3-18-11(16)10(12)15-14-9-5-4-7(17-2)6-8(9)13/h4-6,14H,3H2,1-2H3/b15-10+. The smallest absolute Gasteiger partial charge is 0.370 e. The zero-order chi connectivity index (χ0) is 13.5. The van der Waals surface area contributed by atoms with Crippen LogP contribution in [0, 0.1) is 5.82 Å². The van der Waals surface area contributed by atoms with Crippen molar-refractivity contribution >= 4 is 28.4 Å². The SMILES string of the molecule is CCOC(=O)/C(Cl)=N\Nc1ccc(OC)cc1F. The molecule has 98 valence electrons. The quantitative estimate of drug-likeness (QED) is 0.509. The van der Waals surface area contributed by atoms with Gasteiger partial charge in [-0.15, -0.1) is 0 Å². The zero-order valence-corrected chi connectivity index (χ0v) is 10.6. The molecule has 0 bridgehead atoms. The Morgan fingerprint density at radius 3 is 2.83 bits per heavy atom. The zero-order valence-electron chi connectivity index (χ0n) is 9.87. The molecule has 1 aromatic rings. The molecule has 0 saturated carbocycles. The summed E-state index contributed by atoms with van der Waals surface area (Å²) in [5, 5.41) is 3.10. The van der Waals surface area contributed by atoms with Gasteiger partial charge in [-0.1, -0.05) is 11.6 Å². The predicted octanol–water partition coefficient (Wildman–Crippen LogP) is 2.36. The van der Waals surface area contributed by atoms with E-state index in [9.17, 15) is 9.18 Å². The summed E-state index contributed by atoms with van der Waals surface area (Å²) in [6, 6.07) is 4.13. The Hall–Kier alpha value is -1.82. The molecule has 0 amide bonds. The molecule has 0 unspecified atom stereocenters. The first-order chi connectivity index (χ1) is 8.58. The molecular formula is C11H12ClFN2O3. The summed E-state index contributed by atoms with van der Waals surface area (Å²) >= 11 is 5.54. The van der Waals surface area contributed by atoms with Crippen molar-refractivity contribution in [3.63, 3.8) is 0 Å². The molecule has 0 heterocycles. The van der Waals surface area contributed by atoms with Crippen LogP contribution in [0.15, 0.2) is 23.3 Å².